The Hall–Kier alpha value is -1.23. The number of anilines is 1. The number of aliphatic imine (C=N–C) groups is 1. The Morgan fingerprint density at radius 1 is 1.14 bits per heavy atom. The minimum absolute atomic E-state index is 0.683. The molecule has 1 aliphatic heterocycles. The van der Waals surface area contributed by atoms with Crippen LogP contribution < -0.4 is 15.5 Å². The Labute approximate surface area is 141 Å². The van der Waals surface area contributed by atoms with Crippen molar-refractivity contribution in [2.24, 2.45) is 16.8 Å². The molecule has 1 atom stereocenters. The van der Waals surface area contributed by atoms with Gasteiger partial charge < -0.3 is 15.5 Å². The number of guanidine groups is 1. The van der Waals surface area contributed by atoms with Gasteiger partial charge in [-0.15, -0.1) is 0 Å². The van der Waals surface area contributed by atoms with Crippen LogP contribution in [0.2, 0.25) is 0 Å². The lowest BCUT2D eigenvalue weighted by Gasteiger charge is -2.19. The van der Waals surface area contributed by atoms with Gasteiger partial charge in [-0.25, -0.2) is 0 Å². The number of rotatable bonds is 5. The molecule has 0 radical (unpaired) electrons. The molecule has 1 aromatic carbocycles. The molecule has 120 valence electrons. The monoisotopic (exact) mass is 364 g/mol. The van der Waals surface area contributed by atoms with E-state index in [2.05, 4.69) is 60.7 Å². The zero-order chi connectivity index (χ0) is 15.4. The standard InChI is InChI=1S/C17H25BrN4/c1-19-17(20-10-13-2-3-13)21-11-14-8-9-22(12-14)16-6-4-15(18)5-7-16/h4-7,13-14H,2-3,8-12H2,1H3,(H2,19,20,21). The molecular formula is C17H25BrN4. The van der Waals surface area contributed by atoms with Crippen molar-refractivity contribution < 1.29 is 0 Å². The minimum atomic E-state index is 0.683. The van der Waals surface area contributed by atoms with Crippen LogP contribution >= 0.6 is 15.9 Å². The first-order chi connectivity index (χ1) is 10.7. The molecule has 2 fully saturated rings. The second-order valence-electron chi connectivity index (χ2n) is 6.35. The maximum atomic E-state index is 4.31. The lowest BCUT2D eigenvalue weighted by Crippen LogP contribution is -2.41. The van der Waals surface area contributed by atoms with Gasteiger partial charge in [-0.2, -0.15) is 0 Å². The molecule has 3 rings (SSSR count). The molecule has 4 nitrogen and oxygen atoms in total. The van der Waals surface area contributed by atoms with E-state index in [0.29, 0.717) is 5.92 Å². The van der Waals surface area contributed by atoms with E-state index in [1.165, 1.54) is 24.9 Å². The smallest absolute Gasteiger partial charge is 0.190 e. The van der Waals surface area contributed by atoms with Gasteiger partial charge in [0.05, 0.1) is 0 Å². The molecule has 1 saturated carbocycles. The van der Waals surface area contributed by atoms with Gasteiger partial charge in [-0.05, 0) is 55.4 Å². The van der Waals surface area contributed by atoms with Crippen LogP contribution in [0.25, 0.3) is 0 Å². The van der Waals surface area contributed by atoms with E-state index in [1.54, 1.807) is 0 Å². The maximum Gasteiger partial charge on any atom is 0.190 e. The predicted molar refractivity (Wildman–Crippen MR) is 96.6 cm³/mol. The molecule has 5 heteroatoms. The highest BCUT2D eigenvalue weighted by Crippen LogP contribution is 2.27. The topological polar surface area (TPSA) is 39.7 Å². The van der Waals surface area contributed by atoms with E-state index in [0.717, 1.165) is 42.5 Å². The molecule has 2 aliphatic rings. The van der Waals surface area contributed by atoms with Crippen LogP contribution in [-0.4, -0.2) is 39.2 Å². The van der Waals surface area contributed by atoms with E-state index in [9.17, 15) is 0 Å². The summed E-state index contributed by atoms with van der Waals surface area (Å²) in [6, 6.07) is 8.61. The third-order valence-electron chi connectivity index (χ3n) is 4.51. The van der Waals surface area contributed by atoms with Crippen LogP contribution in [0, 0.1) is 11.8 Å². The summed E-state index contributed by atoms with van der Waals surface area (Å²) in [6.07, 6.45) is 3.98. The highest BCUT2D eigenvalue weighted by atomic mass is 79.9. The highest BCUT2D eigenvalue weighted by molar-refractivity contribution is 9.10. The summed E-state index contributed by atoms with van der Waals surface area (Å²) in [4.78, 5) is 6.78. The zero-order valence-corrected chi connectivity index (χ0v) is 14.8. The lowest BCUT2D eigenvalue weighted by atomic mass is 10.1. The van der Waals surface area contributed by atoms with Crippen LogP contribution in [0.3, 0.4) is 0 Å². The van der Waals surface area contributed by atoms with Crippen LogP contribution in [0.4, 0.5) is 5.69 Å². The number of hydrogen-bond donors (Lipinski definition) is 2. The Morgan fingerprint density at radius 2 is 1.82 bits per heavy atom. The van der Waals surface area contributed by atoms with Crippen molar-refractivity contribution in [1.82, 2.24) is 10.6 Å². The zero-order valence-electron chi connectivity index (χ0n) is 13.2. The van der Waals surface area contributed by atoms with Crippen LogP contribution in [0.1, 0.15) is 19.3 Å². The van der Waals surface area contributed by atoms with Crippen molar-refractivity contribution in [2.75, 3.05) is 38.1 Å². The van der Waals surface area contributed by atoms with Crippen molar-refractivity contribution >= 4 is 27.6 Å². The van der Waals surface area contributed by atoms with E-state index in [-0.39, 0.29) is 0 Å². The van der Waals surface area contributed by atoms with E-state index >= 15 is 0 Å². The van der Waals surface area contributed by atoms with Crippen LogP contribution in [0.15, 0.2) is 33.7 Å². The molecule has 1 heterocycles. The molecule has 1 aliphatic carbocycles. The van der Waals surface area contributed by atoms with Crippen molar-refractivity contribution in [3.8, 4) is 0 Å². The van der Waals surface area contributed by atoms with Crippen molar-refractivity contribution in [2.45, 2.75) is 19.3 Å². The van der Waals surface area contributed by atoms with Gasteiger partial charge >= 0.3 is 0 Å². The fraction of sp³-hybridized carbons (Fsp3) is 0.588. The molecule has 1 saturated heterocycles. The first kappa shape index (κ1) is 15.7. The van der Waals surface area contributed by atoms with Gasteiger partial charge in [0, 0.05) is 43.4 Å². The van der Waals surface area contributed by atoms with Gasteiger partial charge in [-0.3, -0.25) is 4.99 Å². The van der Waals surface area contributed by atoms with E-state index < -0.39 is 0 Å². The van der Waals surface area contributed by atoms with Crippen molar-refractivity contribution in [3.63, 3.8) is 0 Å². The Balaban J connectivity index is 1.43. The summed E-state index contributed by atoms with van der Waals surface area (Å²) >= 11 is 3.50. The fourth-order valence-electron chi connectivity index (χ4n) is 2.91. The predicted octanol–water partition coefficient (Wildman–Crippen LogP) is 2.85. The molecule has 1 unspecified atom stereocenters. The summed E-state index contributed by atoms with van der Waals surface area (Å²) in [6.45, 7) is 4.32. The Morgan fingerprint density at radius 3 is 2.45 bits per heavy atom. The van der Waals surface area contributed by atoms with Crippen LogP contribution in [-0.2, 0) is 0 Å². The van der Waals surface area contributed by atoms with Gasteiger partial charge in [0.15, 0.2) is 5.96 Å². The number of benzene rings is 1. The van der Waals surface area contributed by atoms with Crippen molar-refractivity contribution in [1.29, 1.82) is 0 Å². The lowest BCUT2D eigenvalue weighted by molar-refractivity contribution is 0.564. The van der Waals surface area contributed by atoms with Gasteiger partial charge in [-0.1, -0.05) is 15.9 Å². The van der Waals surface area contributed by atoms with Gasteiger partial charge in [0.1, 0.15) is 0 Å². The normalized spacial score (nSPS) is 22.0. The minimum Gasteiger partial charge on any atom is -0.371 e. The molecule has 22 heavy (non-hydrogen) atoms. The first-order valence-corrected chi connectivity index (χ1v) is 8.99. The van der Waals surface area contributed by atoms with E-state index in [4.69, 9.17) is 0 Å². The highest BCUT2D eigenvalue weighted by Gasteiger charge is 2.24. The SMILES string of the molecule is CN=C(NCC1CC1)NCC1CCN(c2ccc(Br)cc2)C1. The summed E-state index contributed by atoms with van der Waals surface area (Å²) in [5, 5.41) is 6.90. The largest absolute Gasteiger partial charge is 0.371 e. The summed E-state index contributed by atoms with van der Waals surface area (Å²) in [5.74, 6) is 2.51. The first-order valence-electron chi connectivity index (χ1n) is 8.19. The van der Waals surface area contributed by atoms with E-state index in [1.807, 2.05) is 7.05 Å². The Kier molecular flexibility index (Phi) is 5.24. The molecule has 0 amide bonds. The number of halogens is 1. The second-order valence-corrected chi connectivity index (χ2v) is 7.27. The molecule has 0 aromatic heterocycles. The third kappa shape index (κ3) is 4.38. The van der Waals surface area contributed by atoms with Gasteiger partial charge in [0.25, 0.3) is 0 Å². The second kappa shape index (κ2) is 7.36. The molecule has 1 aromatic rings. The Bertz CT molecular complexity index is 510. The quantitative estimate of drug-likeness (QED) is 0.623. The molecule has 0 spiro atoms. The average Bonchev–Trinajstić information content (AvgIpc) is 3.25. The molecule has 2 N–H and O–H groups in total. The number of nitrogens with one attached hydrogen (secondary N) is 2. The summed E-state index contributed by atoms with van der Waals surface area (Å²) < 4.78 is 1.14. The molecule has 0 bridgehead atoms. The maximum absolute atomic E-state index is 4.31. The van der Waals surface area contributed by atoms with Crippen LogP contribution in [0.5, 0.6) is 0 Å². The third-order valence-corrected chi connectivity index (χ3v) is 5.04. The van der Waals surface area contributed by atoms with Crippen molar-refractivity contribution in [3.05, 3.63) is 28.7 Å². The summed E-state index contributed by atoms with van der Waals surface area (Å²) in [7, 11) is 1.85. The number of nitrogens with zero attached hydrogens (tertiary/aromatic N) is 2. The molecular weight excluding hydrogens is 340 g/mol. The average molecular weight is 365 g/mol. The summed E-state index contributed by atoms with van der Waals surface area (Å²) in [5.41, 5.74) is 1.32. The fourth-order valence-corrected chi connectivity index (χ4v) is 3.17. The van der Waals surface area contributed by atoms with Gasteiger partial charge in [0.2, 0.25) is 0 Å². The number of hydrogen-bond acceptors (Lipinski definition) is 2.